The molecular formula is C14H19ClN2O. The number of nitrogens with one attached hydrogen (secondary N) is 1. The topological polar surface area (TPSA) is 48.9 Å². The Kier molecular flexibility index (Phi) is 5.38. The van der Waals surface area contributed by atoms with Crippen molar-refractivity contribution in [3.05, 3.63) is 41.7 Å². The Morgan fingerprint density at radius 3 is 2.56 bits per heavy atom. The summed E-state index contributed by atoms with van der Waals surface area (Å²) < 4.78 is 0. The van der Waals surface area contributed by atoms with E-state index in [-0.39, 0.29) is 24.9 Å². The van der Waals surface area contributed by atoms with Crippen LogP contribution in [0.1, 0.15) is 18.2 Å². The predicted molar refractivity (Wildman–Crippen MR) is 76.0 cm³/mol. The fourth-order valence-corrected chi connectivity index (χ4v) is 1.75. The Balaban J connectivity index is 0.00000162. The lowest BCUT2D eigenvalue weighted by Crippen LogP contribution is -2.04. The van der Waals surface area contributed by atoms with Gasteiger partial charge in [-0.15, -0.1) is 12.4 Å². The van der Waals surface area contributed by atoms with Gasteiger partial charge >= 0.3 is 0 Å². The molecule has 98 valence electrons. The number of aromatic amines is 1. The predicted octanol–water partition coefficient (Wildman–Crippen LogP) is 2.98. The molecule has 4 heteroatoms. The molecule has 18 heavy (non-hydrogen) atoms. The van der Waals surface area contributed by atoms with E-state index in [1.54, 1.807) is 0 Å². The van der Waals surface area contributed by atoms with Crippen molar-refractivity contribution in [2.75, 3.05) is 6.61 Å². The highest BCUT2D eigenvalue weighted by atomic mass is 35.5. The first-order valence-electron chi connectivity index (χ1n) is 5.91. The van der Waals surface area contributed by atoms with Crippen molar-refractivity contribution in [1.29, 1.82) is 0 Å². The van der Waals surface area contributed by atoms with Gasteiger partial charge in [-0.25, -0.2) is 4.98 Å². The van der Waals surface area contributed by atoms with E-state index in [1.165, 1.54) is 5.56 Å². The molecule has 1 aromatic heterocycles. The number of nitrogens with zero attached hydrogens (tertiary/aromatic N) is 1. The van der Waals surface area contributed by atoms with Crippen LogP contribution in [-0.2, 0) is 6.42 Å². The van der Waals surface area contributed by atoms with Crippen molar-refractivity contribution < 1.29 is 5.11 Å². The van der Waals surface area contributed by atoms with Crippen LogP contribution in [-0.4, -0.2) is 21.7 Å². The molecule has 1 unspecified atom stereocenters. The van der Waals surface area contributed by atoms with E-state index in [1.807, 2.05) is 13.1 Å². The Labute approximate surface area is 114 Å². The lowest BCUT2D eigenvalue weighted by molar-refractivity contribution is 0.236. The average molecular weight is 267 g/mol. The number of aliphatic hydroxyl groups is 1. The number of rotatable bonds is 4. The minimum atomic E-state index is 0. The van der Waals surface area contributed by atoms with Crippen molar-refractivity contribution in [2.45, 2.75) is 20.3 Å². The molecule has 0 aliphatic heterocycles. The SMILES string of the molecule is Cc1ccc(-c2nc(CC(C)CO)c[nH]2)cc1.Cl. The number of aromatic nitrogens is 2. The summed E-state index contributed by atoms with van der Waals surface area (Å²) in [5.74, 6) is 1.15. The third-order valence-corrected chi connectivity index (χ3v) is 2.83. The molecule has 0 saturated heterocycles. The zero-order valence-corrected chi connectivity index (χ0v) is 11.5. The highest BCUT2D eigenvalue weighted by Crippen LogP contribution is 2.17. The highest BCUT2D eigenvalue weighted by Gasteiger charge is 2.07. The molecule has 1 atom stereocenters. The van der Waals surface area contributed by atoms with E-state index in [0.29, 0.717) is 0 Å². The minimum absolute atomic E-state index is 0. The molecule has 2 aromatic rings. The monoisotopic (exact) mass is 266 g/mol. The van der Waals surface area contributed by atoms with Gasteiger partial charge in [0.2, 0.25) is 0 Å². The first-order chi connectivity index (χ1) is 8.19. The molecule has 2 N–H and O–H groups in total. The maximum atomic E-state index is 9.01. The number of benzene rings is 1. The van der Waals surface area contributed by atoms with Gasteiger partial charge in [0.15, 0.2) is 0 Å². The maximum Gasteiger partial charge on any atom is 0.137 e. The summed E-state index contributed by atoms with van der Waals surface area (Å²) in [7, 11) is 0. The molecule has 1 aromatic carbocycles. The van der Waals surface area contributed by atoms with Crippen LogP contribution in [0.25, 0.3) is 11.4 Å². The van der Waals surface area contributed by atoms with Gasteiger partial charge in [-0.2, -0.15) is 0 Å². The van der Waals surface area contributed by atoms with Crippen LogP contribution < -0.4 is 0 Å². The van der Waals surface area contributed by atoms with Crippen molar-refractivity contribution >= 4 is 12.4 Å². The minimum Gasteiger partial charge on any atom is -0.396 e. The lowest BCUT2D eigenvalue weighted by Gasteiger charge is -2.03. The van der Waals surface area contributed by atoms with E-state index in [9.17, 15) is 0 Å². The molecule has 0 bridgehead atoms. The largest absolute Gasteiger partial charge is 0.396 e. The molecule has 0 amide bonds. The van der Waals surface area contributed by atoms with Gasteiger partial charge < -0.3 is 10.1 Å². The summed E-state index contributed by atoms with van der Waals surface area (Å²) in [5.41, 5.74) is 3.34. The summed E-state index contributed by atoms with van der Waals surface area (Å²) in [5, 5.41) is 9.01. The Bertz CT molecular complexity index is 479. The van der Waals surface area contributed by atoms with Crippen LogP contribution in [0.5, 0.6) is 0 Å². The van der Waals surface area contributed by atoms with Crippen LogP contribution in [0.4, 0.5) is 0 Å². The summed E-state index contributed by atoms with van der Waals surface area (Å²) in [6.45, 7) is 4.28. The van der Waals surface area contributed by atoms with E-state index >= 15 is 0 Å². The van der Waals surface area contributed by atoms with Crippen LogP contribution in [0.2, 0.25) is 0 Å². The van der Waals surface area contributed by atoms with Gasteiger partial charge in [-0.05, 0) is 19.3 Å². The first kappa shape index (κ1) is 14.7. The summed E-state index contributed by atoms with van der Waals surface area (Å²) >= 11 is 0. The molecule has 2 rings (SSSR count). The fourth-order valence-electron chi connectivity index (χ4n) is 1.75. The zero-order valence-electron chi connectivity index (χ0n) is 10.7. The molecule has 3 nitrogen and oxygen atoms in total. The Morgan fingerprint density at radius 1 is 1.28 bits per heavy atom. The maximum absolute atomic E-state index is 9.01. The Hall–Kier alpha value is -1.32. The third-order valence-electron chi connectivity index (χ3n) is 2.83. The van der Waals surface area contributed by atoms with E-state index in [4.69, 9.17) is 5.11 Å². The van der Waals surface area contributed by atoms with Crippen LogP contribution >= 0.6 is 12.4 Å². The smallest absolute Gasteiger partial charge is 0.137 e. The van der Waals surface area contributed by atoms with Crippen molar-refractivity contribution in [2.24, 2.45) is 5.92 Å². The van der Waals surface area contributed by atoms with Gasteiger partial charge in [-0.3, -0.25) is 0 Å². The molecular weight excluding hydrogens is 248 g/mol. The van der Waals surface area contributed by atoms with Crippen molar-refractivity contribution in [3.8, 4) is 11.4 Å². The number of hydrogen-bond acceptors (Lipinski definition) is 2. The normalized spacial score (nSPS) is 11.9. The number of aryl methyl sites for hydroxylation is 1. The second kappa shape index (κ2) is 6.57. The van der Waals surface area contributed by atoms with Crippen LogP contribution in [0.3, 0.4) is 0 Å². The fraction of sp³-hybridized carbons (Fsp3) is 0.357. The van der Waals surface area contributed by atoms with Crippen molar-refractivity contribution in [1.82, 2.24) is 9.97 Å². The summed E-state index contributed by atoms with van der Waals surface area (Å²) in [6.07, 6.45) is 2.72. The highest BCUT2D eigenvalue weighted by molar-refractivity contribution is 5.85. The second-order valence-electron chi connectivity index (χ2n) is 4.60. The standard InChI is InChI=1S/C14H18N2O.ClH/c1-10-3-5-12(6-4-10)14-15-8-13(16-14)7-11(2)9-17;/h3-6,8,11,17H,7,9H2,1-2H3,(H,15,16);1H. The average Bonchev–Trinajstić information content (AvgIpc) is 2.78. The summed E-state index contributed by atoms with van der Waals surface area (Å²) in [4.78, 5) is 7.71. The second-order valence-corrected chi connectivity index (χ2v) is 4.60. The molecule has 0 fully saturated rings. The first-order valence-corrected chi connectivity index (χ1v) is 5.91. The molecule has 0 radical (unpaired) electrons. The number of hydrogen-bond donors (Lipinski definition) is 2. The molecule has 0 aliphatic carbocycles. The van der Waals surface area contributed by atoms with Gasteiger partial charge in [0.1, 0.15) is 5.82 Å². The lowest BCUT2D eigenvalue weighted by atomic mass is 10.1. The number of H-pyrrole nitrogens is 1. The van der Waals surface area contributed by atoms with Gasteiger partial charge in [0.05, 0.1) is 5.69 Å². The Morgan fingerprint density at radius 2 is 1.94 bits per heavy atom. The number of imidazole rings is 1. The number of aliphatic hydroxyl groups excluding tert-OH is 1. The summed E-state index contributed by atoms with van der Waals surface area (Å²) in [6, 6.07) is 8.28. The number of halogens is 1. The molecule has 0 aliphatic rings. The van der Waals surface area contributed by atoms with E-state index < -0.39 is 0 Å². The van der Waals surface area contributed by atoms with Crippen LogP contribution in [0, 0.1) is 12.8 Å². The van der Waals surface area contributed by atoms with Gasteiger partial charge in [-0.1, -0.05) is 36.8 Å². The molecule has 0 spiro atoms. The quantitative estimate of drug-likeness (QED) is 0.894. The van der Waals surface area contributed by atoms with Crippen molar-refractivity contribution in [3.63, 3.8) is 0 Å². The molecule has 1 heterocycles. The van der Waals surface area contributed by atoms with E-state index in [2.05, 4.69) is 41.2 Å². The van der Waals surface area contributed by atoms with E-state index in [0.717, 1.165) is 23.5 Å². The molecule has 0 saturated carbocycles. The van der Waals surface area contributed by atoms with Gasteiger partial charge in [0, 0.05) is 18.4 Å². The van der Waals surface area contributed by atoms with Gasteiger partial charge in [0.25, 0.3) is 0 Å². The zero-order chi connectivity index (χ0) is 12.3. The van der Waals surface area contributed by atoms with Crippen LogP contribution in [0.15, 0.2) is 30.5 Å². The third kappa shape index (κ3) is 3.59.